The number of benzene rings is 1. The van der Waals surface area contributed by atoms with E-state index in [1.165, 1.54) is 5.56 Å². The summed E-state index contributed by atoms with van der Waals surface area (Å²) in [5, 5.41) is 8.40. The maximum absolute atomic E-state index is 5.87. The minimum Gasteiger partial charge on any atom is -0.319 e. The van der Waals surface area contributed by atoms with E-state index in [2.05, 4.69) is 16.6 Å². The molecule has 0 spiro atoms. The van der Waals surface area contributed by atoms with Crippen LogP contribution in [0.3, 0.4) is 0 Å². The SMILES string of the molecule is CNCCc1cn(-c2ccc(Cl)cc2)nc1C. The van der Waals surface area contributed by atoms with Gasteiger partial charge in [-0.1, -0.05) is 11.6 Å². The van der Waals surface area contributed by atoms with Crippen molar-refractivity contribution in [2.24, 2.45) is 0 Å². The third-order valence-corrected chi connectivity index (χ3v) is 2.99. The van der Waals surface area contributed by atoms with Gasteiger partial charge in [0.1, 0.15) is 0 Å². The van der Waals surface area contributed by atoms with Crippen molar-refractivity contribution < 1.29 is 0 Å². The molecule has 0 unspecified atom stereocenters. The molecule has 0 aliphatic carbocycles. The fourth-order valence-corrected chi connectivity index (χ4v) is 1.85. The first-order valence-electron chi connectivity index (χ1n) is 5.66. The van der Waals surface area contributed by atoms with Crippen LogP contribution in [0.5, 0.6) is 0 Å². The van der Waals surface area contributed by atoms with Gasteiger partial charge in [-0.25, -0.2) is 4.68 Å². The van der Waals surface area contributed by atoms with Crippen molar-refractivity contribution in [3.8, 4) is 5.69 Å². The van der Waals surface area contributed by atoms with Gasteiger partial charge in [0, 0.05) is 11.2 Å². The van der Waals surface area contributed by atoms with Crippen LogP contribution in [-0.4, -0.2) is 23.4 Å². The normalized spacial score (nSPS) is 10.8. The molecular formula is C13H16ClN3. The minimum absolute atomic E-state index is 0.744. The first kappa shape index (κ1) is 12.1. The highest BCUT2D eigenvalue weighted by atomic mass is 35.5. The van der Waals surface area contributed by atoms with Crippen molar-refractivity contribution in [2.45, 2.75) is 13.3 Å². The summed E-state index contributed by atoms with van der Waals surface area (Å²) in [6, 6.07) is 7.69. The highest BCUT2D eigenvalue weighted by Crippen LogP contribution is 2.15. The maximum Gasteiger partial charge on any atom is 0.0646 e. The molecule has 0 fully saturated rings. The third kappa shape index (κ3) is 2.87. The van der Waals surface area contributed by atoms with Crippen molar-refractivity contribution >= 4 is 11.6 Å². The minimum atomic E-state index is 0.744. The van der Waals surface area contributed by atoms with Crippen LogP contribution in [0.2, 0.25) is 5.02 Å². The van der Waals surface area contributed by atoms with E-state index < -0.39 is 0 Å². The second-order valence-corrected chi connectivity index (χ2v) is 4.45. The standard InChI is InChI=1S/C13H16ClN3/c1-10-11(7-8-15-2)9-17(16-10)13-5-3-12(14)4-6-13/h3-6,9,15H,7-8H2,1-2H3. The summed E-state index contributed by atoms with van der Waals surface area (Å²) in [7, 11) is 1.96. The Kier molecular flexibility index (Phi) is 3.82. The van der Waals surface area contributed by atoms with Crippen LogP contribution >= 0.6 is 11.6 Å². The Bertz CT molecular complexity index is 488. The molecular weight excluding hydrogens is 234 g/mol. The number of likely N-dealkylation sites (N-methyl/N-ethyl adjacent to an activating group) is 1. The molecule has 4 heteroatoms. The molecule has 3 nitrogen and oxygen atoms in total. The van der Waals surface area contributed by atoms with Crippen molar-refractivity contribution in [3.63, 3.8) is 0 Å². The van der Waals surface area contributed by atoms with Gasteiger partial charge < -0.3 is 5.32 Å². The Morgan fingerprint density at radius 2 is 2.00 bits per heavy atom. The van der Waals surface area contributed by atoms with Crippen LogP contribution in [0, 0.1) is 6.92 Å². The molecule has 0 saturated carbocycles. The van der Waals surface area contributed by atoms with Gasteiger partial charge in [-0.05, 0) is 56.8 Å². The zero-order valence-corrected chi connectivity index (χ0v) is 10.8. The van der Waals surface area contributed by atoms with Gasteiger partial charge in [0.25, 0.3) is 0 Å². The molecule has 1 aromatic carbocycles. The number of halogens is 1. The highest BCUT2D eigenvalue weighted by molar-refractivity contribution is 6.30. The van der Waals surface area contributed by atoms with E-state index in [1.54, 1.807) is 0 Å². The Labute approximate surface area is 106 Å². The number of hydrogen-bond donors (Lipinski definition) is 1. The van der Waals surface area contributed by atoms with Crippen LogP contribution < -0.4 is 5.32 Å². The van der Waals surface area contributed by atoms with Crippen LogP contribution in [0.4, 0.5) is 0 Å². The molecule has 1 heterocycles. The predicted molar refractivity (Wildman–Crippen MR) is 70.9 cm³/mol. The molecule has 1 aromatic heterocycles. The smallest absolute Gasteiger partial charge is 0.0646 e. The predicted octanol–water partition coefficient (Wildman–Crippen LogP) is 2.60. The van der Waals surface area contributed by atoms with E-state index in [0.717, 1.165) is 29.4 Å². The third-order valence-electron chi connectivity index (χ3n) is 2.74. The summed E-state index contributed by atoms with van der Waals surface area (Å²) in [4.78, 5) is 0. The fourth-order valence-electron chi connectivity index (χ4n) is 1.73. The van der Waals surface area contributed by atoms with E-state index in [-0.39, 0.29) is 0 Å². The molecule has 0 aliphatic heterocycles. The van der Waals surface area contributed by atoms with Gasteiger partial charge in [0.15, 0.2) is 0 Å². The largest absolute Gasteiger partial charge is 0.319 e. The van der Waals surface area contributed by atoms with Crippen molar-refractivity contribution in [1.82, 2.24) is 15.1 Å². The Balaban J connectivity index is 2.24. The van der Waals surface area contributed by atoms with Crippen molar-refractivity contribution in [2.75, 3.05) is 13.6 Å². The molecule has 0 saturated heterocycles. The van der Waals surface area contributed by atoms with Crippen LogP contribution in [-0.2, 0) is 6.42 Å². The van der Waals surface area contributed by atoms with E-state index in [9.17, 15) is 0 Å². The van der Waals surface area contributed by atoms with E-state index >= 15 is 0 Å². The van der Waals surface area contributed by atoms with Gasteiger partial charge in [-0.2, -0.15) is 5.10 Å². The lowest BCUT2D eigenvalue weighted by molar-refractivity contribution is 0.788. The summed E-state index contributed by atoms with van der Waals surface area (Å²) in [6.45, 7) is 3.00. The lowest BCUT2D eigenvalue weighted by atomic mass is 10.2. The molecule has 90 valence electrons. The quantitative estimate of drug-likeness (QED) is 0.903. The average Bonchev–Trinajstić information content (AvgIpc) is 2.69. The summed E-state index contributed by atoms with van der Waals surface area (Å²) in [5.41, 5.74) is 3.39. The fraction of sp³-hybridized carbons (Fsp3) is 0.308. The summed E-state index contributed by atoms with van der Waals surface area (Å²) >= 11 is 5.87. The van der Waals surface area contributed by atoms with Crippen LogP contribution in [0.15, 0.2) is 30.5 Å². The lowest BCUT2D eigenvalue weighted by Gasteiger charge is -2.00. The number of aryl methyl sites for hydroxylation is 1. The Hall–Kier alpha value is -1.32. The van der Waals surface area contributed by atoms with Gasteiger partial charge in [-0.3, -0.25) is 0 Å². The average molecular weight is 250 g/mol. The van der Waals surface area contributed by atoms with E-state index in [4.69, 9.17) is 11.6 Å². The molecule has 0 amide bonds. The Morgan fingerprint density at radius 1 is 1.29 bits per heavy atom. The second kappa shape index (κ2) is 5.34. The molecule has 17 heavy (non-hydrogen) atoms. The van der Waals surface area contributed by atoms with Gasteiger partial charge in [0.2, 0.25) is 0 Å². The summed E-state index contributed by atoms with van der Waals surface area (Å²) in [5.74, 6) is 0. The van der Waals surface area contributed by atoms with Crippen LogP contribution in [0.25, 0.3) is 5.69 Å². The summed E-state index contributed by atoms with van der Waals surface area (Å²) in [6.07, 6.45) is 3.08. The van der Waals surface area contributed by atoms with Gasteiger partial charge >= 0.3 is 0 Å². The van der Waals surface area contributed by atoms with Crippen molar-refractivity contribution in [1.29, 1.82) is 0 Å². The molecule has 2 rings (SSSR count). The first-order chi connectivity index (χ1) is 8.20. The van der Waals surface area contributed by atoms with Crippen LogP contribution in [0.1, 0.15) is 11.3 Å². The number of rotatable bonds is 4. The lowest BCUT2D eigenvalue weighted by Crippen LogP contribution is -2.10. The van der Waals surface area contributed by atoms with Crippen molar-refractivity contribution in [3.05, 3.63) is 46.7 Å². The van der Waals surface area contributed by atoms with E-state index in [1.807, 2.05) is 42.9 Å². The zero-order valence-electron chi connectivity index (χ0n) is 10.1. The molecule has 0 bridgehead atoms. The first-order valence-corrected chi connectivity index (χ1v) is 6.04. The van der Waals surface area contributed by atoms with Gasteiger partial charge in [0.05, 0.1) is 11.4 Å². The second-order valence-electron chi connectivity index (χ2n) is 4.01. The van der Waals surface area contributed by atoms with Gasteiger partial charge in [-0.15, -0.1) is 0 Å². The number of hydrogen-bond acceptors (Lipinski definition) is 2. The number of nitrogens with zero attached hydrogens (tertiary/aromatic N) is 2. The molecule has 2 aromatic rings. The topological polar surface area (TPSA) is 29.9 Å². The Morgan fingerprint density at radius 3 is 2.65 bits per heavy atom. The number of nitrogens with one attached hydrogen (secondary N) is 1. The molecule has 0 radical (unpaired) electrons. The molecule has 1 N–H and O–H groups in total. The van der Waals surface area contributed by atoms with E-state index in [0.29, 0.717) is 0 Å². The number of aromatic nitrogens is 2. The monoisotopic (exact) mass is 249 g/mol. The highest BCUT2D eigenvalue weighted by Gasteiger charge is 2.05. The molecule has 0 atom stereocenters. The molecule has 0 aliphatic rings. The maximum atomic E-state index is 5.87. The summed E-state index contributed by atoms with van der Waals surface area (Å²) < 4.78 is 1.90. The zero-order chi connectivity index (χ0) is 12.3.